The predicted octanol–water partition coefficient (Wildman–Crippen LogP) is 3.59. The molecule has 0 aromatic carbocycles. The summed E-state index contributed by atoms with van der Waals surface area (Å²) in [5, 5.41) is 6.17. The molecule has 0 N–H and O–H groups in total. The van der Waals surface area contributed by atoms with Crippen LogP contribution >= 0.6 is 11.3 Å². The van der Waals surface area contributed by atoms with Gasteiger partial charge in [-0.05, 0) is 30.7 Å². The first-order valence-electron chi connectivity index (χ1n) is 8.27. The molecule has 1 fully saturated rings. The van der Waals surface area contributed by atoms with E-state index in [-0.39, 0.29) is 17.7 Å². The third-order valence-corrected chi connectivity index (χ3v) is 5.19. The minimum absolute atomic E-state index is 0.200. The lowest BCUT2D eigenvalue weighted by Crippen LogP contribution is -2.39. The lowest BCUT2D eigenvalue weighted by Gasteiger charge is -2.31. The fraction of sp³-hybridized carbons (Fsp3) is 0.588. The van der Waals surface area contributed by atoms with Crippen LogP contribution in [0.25, 0.3) is 0 Å². The van der Waals surface area contributed by atoms with E-state index in [1.54, 1.807) is 11.3 Å². The molecule has 0 bridgehead atoms. The molecule has 1 atom stereocenters. The molecule has 3 heterocycles. The van der Waals surface area contributed by atoms with Crippen molar-refractivity contribution in [3.05, 3.63) is 34.1 Å². The highest BCUT2D eigenvalue weighted by Gasteiger charge is 2.28. The van der Waals surface area contributed by atoms with Gasteiger partial charge >= 0.3 is 0 Å². The van der Waals surface area contributed by atoms with Gasteiger partial charge in [-0.2, -0.15) is 4.98 Å². The summed E-state index contributed by atoms with van der Waals surface area (Å²) in [5.74, 6) is 2.11. The van der Waals surface area contributed by atoms with Gasteiger partial charge in [0.25, 0.3) is 0 Å². The number of carbonyl (C=O) groups is 1. The van der Waals surface area contributed by atoms with E-state index >= 15 is 0 Å². The molecule has 6 heteroatoms. The van der Waals surface area contributed by atoms with Crippen molar-refractivity contribution in [3.8, 4) is 0 Å². The number of carbonyl (C=O) groups excluding carboxylic acids is 1. The third-order valence-electron chi connectivity index (χ3n) is 4.26. The van der Waals surface area contributed by atoms with Gasteiger partial charge in [0.1, 0.15) is 0 Å². The van der Waals surface area contributed by atoms with Crippen molar-refractivity contribution in [2.75, 3.05) is 13.1 Å². The van der Waals surface area contributed by atoms with Gasteiger partial charge in [0, 0.05) is 36.2 Å². The van der Waals surface area contributed by atoms with Gasteiger partial charge in [-0.15, -0.1) is 11.3 Å². The van der Waals surface area contributed by atoms with Crippen LogP contribution in [0.4, 0.5) is 0 Å². The van der Waals surface area contributed by atoms with Crippen molar-refractivity contribution in [1.82, 2.24) is 15.0 Å². The Hall–Kier alpha value is -1.69. The van der Waals surface area contributed by atoms with Crippen LogP contribution in [0.1, 0.15) is 61.5 Å². The summed E-state index contributed by atoms with van der Waals surface area (Å²) < 4.78 is 5.31. The molecule has 0 aliphatic carbocycles. The van der Waals surface area contributed by atoms with Crippen molar-refractivity contribution >= 4 is 17.2 Å². The van der Waals surface area contributed by atoms with Gasteiger partial charge < -0.3 is 9.42 Å². The van der Waals surface area contributed by atoms with Crippen LogP contribution in [-0.2, 0) is 11.2 Å². The Morgan fingerprint density at radius 3 is 3.09 bits per heavy atom. The summed E-state index contributed by atoms with van der Waals surface area (Å²) in [6, 6.07) is 4.12. The molecule has 5 nitrogen and oxygen atoms in total. The summed E-state index contributed by atoms with van der Waals surface area (Å²) in [5.41, 5.74) is 0. The normalized spacial score (nSPS) is 18.6. The number of amides is 1. The molecule has 1 aliphatic rings. The Kier molecular flexibility index (Phi) is 5.10. The molecular weight excluding hydrogens is 310 g/mol. The minimum atomic E-state index is 0.200. The molecule has 1 amide bonds. The maximum Gasteiger partial charge on any atom is 0.229 e. The van der Waals surface area contributed by atoms with Crippen LogP contribution < -0.4 is 0 Å². The summed E-state index contributed by atoms with van der Waals surface area (Å²) in [7, 11) is 0. The average Bonchev–Trinajstić information content (AvgIpc) is 3.24. The van der Waals surface area contributed by atoms with E-state index in [4.69, 9.17) is 4.52 Å². The highest BCUT2D eigenvalue weighted by atomic mass is 32.1. The quantitative estimate of drug-likeness (QED) is 0.839. The zero-order valence-electron chi connectivity index (χ0n) is 13.7. The van der Waals surface area contributed by atoms with E-state index in [2.05, 4.69) is 21.6 Å². The molecule has 2 aromatic heterocycles. The molecule has 1 saturated heterocycles. The second-order valence-electron chi connectivity index (χ2n) is 6.40. The fourth-order valence-corrected chi connectivity index (χ4v) is 3.61. The van der Waals surface area contributed by atoms with E-state index in [1.165, 1.54) is 4.88 Å². The number of hydrogen-bond acceptors (Lipinski definition) is 5. The number of piperidine rings is 1. The number of nitrogens with zero attached hydrogens (tertiary/aromatic N) is 3. The third kappa shape index (κ3) is 3.99. The Morgan fingerprint density at radius 1 is 1.52 bits per heavy atom. The van der Waals surface area contributed by atoms with Crippen LogP contribution in [0.15, 0.2) is 22.0 Å². The smallest absolute Gasteiger partial charge is 0.229 e. The van der Waals surface area contributed by atoms with Crippen molar-refractivity contribution < 1.29 is 9.32 Å². The Balaban J connectivity index is 1.57. The monoisotopic (exact) mass is 333 g/mol. The predicted molar refractivity (Wildman–Crippen MR) is 89.6 cm³/mol. The van der Waals surface area contributed by atoms with Crippen molar-refractivity contribution in [2.24, 2.45) is 0 Å². The molecule has 1 aliphatic heterocycles. The minimum Gasteiger partial charge on any atom is -0.342 e. The lowest BCUT2D eigenvalue weighted by atomic mass is 9.97. The molecule has 124 valence electrons. The molecule has 0 saturated carbocycles. The largest absolute Gasteiger partial charge is 0.342 e. The highest BCUT2D eigenvalue weighted by Crippen LogP contribution is 2.26. The van der Waals surface area contributed by atoms with Crippen LogP contribution in [0.2, 0.25) is 0 Å². The molecule has 0 radical (unpaired) electrons. The van der Waals surface area contributed by atoms with Gasteiger partial charge in [-0.1, -0.05) is 25.1 Å². The van der Waals surface area contributed by atoms with E-state index in [0.29, 0.717) is 18.9 Å². The fourth-order valence-electron chi connectivity index (χ4n) is 2.91. The van der Waals surface area contributed by atoms with Crippen molar-refractivity contribution in [2.45, 2.75) is 51.4 Å². The van der Waals surface area contributed by atoms with E-state index < -0.39 is 0 Å². The second-order valence-corrected chi connectivity index (χ2v) is 7.44. The molecular formula is C17H23N3O2S. The SMILES string of the molecule is CC(C)c1nc([C@@H]2CCCN(C(=O)CCc3cccs3)C2)no1. The van der Waals surface area contributed by atoms with E-state index in [9.17, 15) is 4.79 Å². The van der Waals surface area contributed by atoms with Crippen LogP contribution in [0.5, 0.6) is 0 Å². The zero-order valence-corrected chi connectivity index (χ0v) is 14.5. The molecule has 0 spiro atoms. The Morgan fingerprint density at radius 2 is 2.39 bits per heavy atom. The number of aromatic nitrogens is 2. The van der Waals surface area contributed by atoms with Gasteiger partial charge in [-0.25, -0.2) is 0 Å². The maximum atomic E-state index is 12.4. The van der Waals surface area contributed by atoms with E-state index in [0.717, 1.165) is 31.6 Å². The summed E-state index contributed by atoms with van der Waals surface area (Å²) in [6.07, 6.45) is 3.43. The van der Waals surface area contributed by atoms with E-state index in [1.807, 2.05) is 24.8 Å². The molecule has 3 rings (SSSR count). The van der Waals surface area contributed by atoms with Gasteiger partial charge in [0.2, 0.25) is 11.8 Å². The standard InChI is InChI=1S/C17H23N3O2S/c1-12(2)17-18-16(19-22-17)13-5-3-9-20(11-13)15(21)8-7-14-6-4-10-23-14/h4,6,10,12-13H,3,5,7-9,11H2,1-2H3/t13-/m1/s1. The number of thiophene rings is 1. The van der Waals surface area contributed by atoms with Crippen molar-refractivity contribution in [3.63, 3.8) is 0 Å². The zero-order chi connectivity index (χ0) is 16.2. The Bertz CT molecular complexity index is 636. The summed E-state index contributed by atoms with van der Waals surface area (Å²) in [6.45, 7) is 5.63. The molecule has 23 heavy (non-hydrogen) atoms. The number of likely N-dealkylation sites (tertiary alicyclic amines) is 1. The van der Waals surface area contributed by atoms with Gasteiger partial charge in [0.15, 0.2) is 5.82 Å². The van der Waals surface area contributed by atoms with Crippen molar-refractivity contribution in [1.29, 1.82) is 0 Å². The first-order chi connectivity index (χ1) is 11.1. The number of rotatable bonds is 5. The van der Waals surface area contributed by atoms with Gasteiger partial charge in [0.05, 0.1) is 0 Å². The van der Waals surface area contributed by atoms with Crippen LogP contribution in [0, 0.1) is 0 Å². The molecule has 2 aromatic rings. The van der Waals surface area contributed by atoms with Crippen LogP contribution in [0.3, 0.4) is 0 Å². The number of hydrogen-bond donors (Lipinski definition) is 0. The molecule has 0 unspecified atom stereocenters. The second kappa shape index (κ2) is 7.25. The average molecular weight is 333 g/mol. The first-order valence-corrected chi connectivity index (χ1v) is 9.15. The van der Waals surface area contributed by atoms with Gasteiger partial charge in [-0.3, -0.25) is 4.79 Å². The maximum absolute atomic E-state index is 12.4. The van der Waals surface area contributed by atoms with Crippen LogP contribution in [-0.4, -0.2) is 34.0 Å². The summed E-state index contributed by atoms with van der Waals surface area (Å²) in [4.78, 5) is 20.2. The highest BCUT2D eigenvalue weighted by molar-refractivity contribution is 7.09. The Labute approximate surface area is 140 Å². The topological polar surface area (TPSA) is 59.2 Å². The number of aryl methyl sites for hydroxylation is 1. The first kappa shape index (κ1) is 16.2. The summed E-state index contributed by atoms with van der Waals surface area (Å²) >= 11 is 1.71. The lowest BCUT2D eigenvalue weighted by molar-refractivity contribution is -0.132.